The Morgan fingerprint density at radius 3 is 1.50 bits per heavy atom. The Balaban J connectivity index is 3.52. The van der Waals surface area contributed by atoms with E-state index in [0.717, 1.165) is 38.6 Å². The molecule has 0 rings (SSSR count). The van der Waals surface area contributed by atoms with Gasteiger partial charge >= 0.3 is 8.80 Å². The fraction of sp³-hybridized carbons (Fsp3) is 1.00. The van der Waals surface area contributed by atoms with Gasteiger partial charge in [0.1, 0.15) is 0 Å². The largest absolute Gasteiger partial charge is 0.500 e. The van der Waals surface area contributed by atoms with Gasteiger partial charge in [-0.25, -0.2) is 0 Å². The maximum atomic E-state index is 5.88. The summed E-state index contributed by atoms with van der Waals surface area (Å²) in [7, 11) is -2.45. The lowest BCUT2D eigenvalue weighted by Gasteiger charge is -2.28. The van der Waals surface area contributed by atoms with Gasteiger partial charge in [-0.15, -0.1) is 0 Å². The van der Waals surface area contributed by atoms with Gasteiger partial charge in [-0.2, -0.15) is 0 Å². The molecule has 2 N–H and O–H groups in total. The zero-order valence-corrected chi connectivity index (χ0v) is 19.0. The molecule has 0 aliphatic carbocycles. The lowest BCUT2D eigenvalue weighted by atomic mass is 10.1. The Hall–Kier alpha value is 0.0169. The van der Waals surface area contributed by atoms with Gasteiger partial charge in [0.25, 0.3) is 0 Å². The Morgan fingerprint density at radius 2 is 1.00 bits per heavy atom. The van der Waals surface area contributed by atoms with Gasteiger partial charge in [-0.3, -0.25) is 0 Å². The van der Waals surface area contributed by atoms with Gasteiger partial charge in [0.2, 0.25) is 0 Å². The summed E-state index contributed by atoms with van der Waals surface area (Å²) in [6.07, 6.45) is 10.6. The summed E-state index contributed by atoms with van der Waals surface area (Å²) in [5.41, 5.74) is 0. The second-order valence-electron chi connectivity index (χ2n) is 6.71. The normalized spacial score (nSPS) is 12.0. The van der Waals surface area contributed by atoms with Crippen LogP contribution in [0.5, 0.6) is 0 Å². The van der Waals surface area contributed by atoms with E-state index in [9.17, 15) is 0 Å². The molecule has 158 valence electrons. The Bertz CT molecular complexity index is 267. The standard InChI is InChI=1S/C20H46N2O3Si/c1-5-9-10-11-12-13-14-16-21-18-19-22-17-15-20-26(23-6-2,24-7-3)25-8-4/h21-22H,5-20H2,1-4H3. The van der Waals surface area contributed by atoms with Crippen molar-refractivity contribution in [1.29, 1.82) is 0 Å². The van der Waals surface area contributed by atoms with Crippen LogP contribution in [0.4, 0.5) is 0 Å². The minimum Gasteiger partial charge on any atom is -0.374 e. The van der Waals surface area contributed by atoms with E-state index in [1.165, 1.54) is 44.9 Å². The van der Waals surface area contributed by atoms with Gasteiger partial charge in [0, 0.05) is 39.0 Å². The highest BCUT2D eigenvalue weighted by Gasteiger charge is 2.39. The molecule has 0 spiro atoms. The molecule has 0 aliphatic heterocycles. The molecule has 0 saturated carbocycles. The number of nitrogens with one attached hydrogen (secondary N) is 2. The third kappa shape index (κ3) is 15.1. The van der Waals surface area contributed by atoms with Crippen LogP contribution >= 0.6 is 0 Å². The monoisotopic (exact) mass is 390 g/mol. The summed E-state index contributed by atoms with van der Waals surface area (Å²) in [5, 5.41) is 7.03. The van der Waals surface area contributed by atoms with E-state index in [1.807, 2.05) is 20.8 Å². The molecule has 0 amide bonds. The molecular weight excluding hydrogens is 344 g/mol. The predicted octanol–water partition coefficient (Wildman–Crippen LogP) is 4.35. The van der Waals surface area contributed by atoms with Crippen molar-refractivity contribution in [3.63, 3.8) is 0 Å². The molecule has 0 saturated heterocycles. The first-order valence-corrected chi connectivity index (χ1v) is 13.0. The van der Waals surface area contributed by atoms with Crippen molar-refractivity contribution in [2.45, 2.75) is 85.1 Å². The van der Waals surface area contributed by atoms with E-state index >= 15 is 0 Å². The average molecular weight is 391 g/mol. The Labute approximate surface area is 164 Å². The number of hydrogen-bond acceptors (Lipinski definition) is 5. The third-order valence-corrected chi connectivity index (χ3v) is 7.52. The van der Waals surface area contributed by atoms with Crippen LogP contribution in [0.1, 0.15) is 79.1 Å². The van der Waals surface area contributed by atoms with Gasteiger partial charge in [-0.05, 0) is 46.7 Å². The summed E-state index contributed by atoms with van der Waals surface area (Å²) < 4.78 is 17.6. The minimum atomic E-state index is -2.45. The van der Waals surface area contributed by atoms with Gasteiger partial charge < -0.3 is 23.9 Å². The molecule has 26 heavy (non-hydrogen) atoms. The van der Waals surface area contributed by atoms with E-state index in [-0.39, 0.29) is 0 Å². The molecular formula is C20H46N2O3Si. The van der Waals surface area contributed by atoms with Crippen molar-refractivity contribution in [2.24, 2.45) is 0 Å². The van der Waals surface area contributed by atoms with Gasteiger partial charge in [-0.1, -0.05) is 45.4 Å². The first kappa shape index (κ1) is 26.0. The van der Waals surface area contributed by atoms with E-state index in [1.54, 1.807) is 0 Å². The maximum Gasteiger partial charge on any atom is 0.500 e. The quantitative estimate of drug-likeness (QED) is 0.225. The maximum absolute atomic E-state index is 5.88. The zero-order valence-electron chi connectivity index (χ0n) is 18.0. The van der Waals surface area contributed by atoms with Crippen molar-refractivity contribution in [3.8, 4) is 0 Å². The molecule has 6 heteroatoms. The third-order valence-electron chi connectivity index (χ3n) is 4.36. The molecule has 0 aromatic carbocycles. The molecule has 0 aromatic rings. The smallest absolute Gasteiger partial charge is 0.374 e. The minimum absolute atomic E-state index is 0.655. The summed E-state index contributed by atoms with van der Waals surface area (Å²) in [5.74, 6) is 0. The van der Waals surface area contributed by atoms with Crippen LogP contribution in [-0.2, 0) is 13.3 Å². The highest BCUT2D eigenvalue weighted by atomic mass is 28.4. The SMILES string of the molecule is CCCCCCCCCNCCNCCC[Si](OCC)(OCC)OCC. The molecule has 5 nitrogen and oxygen atoms in total. The van der Waals surface area contributed by atoms with Crippen molar-refractivity contribution < 1.29 is 13.3 Å². The molecule has 0 aromatic heterocycles. The molecule has 0 fully saturated rings. The molecule has 0 radical (unpaired) electrons. The first-order chi connectivity index (χ1) is 12.7. The van der Waals surface area contributed by atoms with Crippen LogP contribution in [0, 0.1) is 0 Å². The van der Waals surface area contributed by atoms with Crippen molar-refractivity contribution in [1.82, 2.24) is 10.6 Å². The van der Waals surface area contributed by atoms with Crippen LogP contribution in [0.15, 0.2) is 0 Å². The van der Waals surface area contributed by atoms with E-state index in [0.29, 0.717) is 19.8 Å². The Morgan fingerprint density at radius 1 is 0.538 bits per heavy atom. The Kier molecular flexibility index (Phi) is 19.8. The first-order valence-electron chi connectivity index (χ1n) is 11.1. The van der Waals surface area contributed by atoms with E-state index in [4.69, 9.17) is 13.3 Å². The van der Waals surface area contributed by atoms with Crippen LogP contribution in [-0.4, -0.2) is 54.8 Å². The summed E-state index contributed by atoms with van der Waals surface area (Å²) in [6.45, 7) is 14.5. The van der Waals surface area contributed by atoms with Crippen LogP contribution in [0.25, 0.3) is 0 Å². The van der Waals surface area contributed by atoms with E-state index < -0.39 is 8.80 Å². The number of unbranched alkanes of at least 4 members (excludes halogenated alkanes) is 6. The molecule has 0 unspecified atom stereocenters. The number of rotatable bonds is 21. The molecule has 0 atom stereocenters. The average Bonchev–Trinajstić information content (AvgIpc) is 2.63. The highest BCUT2D eigenvalue weighted by molar-refractivity contribution is 6.60. The molecule has 0 aliphatic rings. The predicted molar refractivity (Wildman–Crippen MR) is 114 cm³/mol. The van der Waals surface area contributed by atoms with Crippen LogP contribution in [0.2, 0.25) is 6.04 Å². The summed E-state index contributed by atoms with van der Waals surface area (Å²) >= 11 is 0. The second-order valence-corrected chi connectivity index (χ2v) is 9.44. The van der Waals surface area contributed by atoms with Crippen LogP contribution < -0.4 is 10.6 Å². The van der Waals surface area contributed by atoms with Crippen LogP contribution in [0.3, 0.4) is 0 Å². The summed E-state index contributed by atoms with van der Waals surface area (Å²) in [4.78, 5) is 0. The highest BCUT2D eigenvalue weighted by Crippen LogP contribution is 2.17. The lowest BCUT2D eigenvalue weighted by molar-refractivity contribution is 0.0708. The topological polar surface area (TPSA) is 51.8 Å². The zero-order chi connectivity index (χ0) is 19.3. The fourth-order valence-corrected chi connectivity index (χ4v) is 5.68. The lowest BCUT2D eigenvalue weighted by Crippen LogP contribution is -2.46. The summed E-state index contributed by atoms with van der Waals surface area (Å²) in [6, 6.07) is 0.890. The fourth-order valence-electron chi connectivity index (χ4n) is 3.07. The second kappa shape index (κ2) is 19.8. The molecule has 0 bridgehead atoms. The van der Waals surface area contributed by atoms with Gasteiger partial charge in [0.15, 0.2) is 0 Å². The van der Waals surface area contributed by atoms with Crippen molar-refractivity contribution >= 4 is 8.80 Å². The van der Waals surface area contributed by atoms with Gasteiger partial charge in [0.05, 0.1) is 0 Å². The number of hydrogen-bond donors (Lipinski definition) is 2. The van der Waals surface area contributed by atoms with E-state index in [2.05, 4.69) is 17.6 Å². The molecule has 0 heterocycles. The van der Waals surface area contributed by atoms with Crippen molar-refractivity contribution in [2.75, 3.05) is 46.0 Å². The van der Waals surface area contributed by atoms with Crippen molar-refractivity contribution in [3.05, 3.63) is 0 Å².